The predicted molar refractivity (Wildman–Crippen MR) is 53.4 cm³/mol. The van der Waals surface area contributed by atoms with Crippen molar-refractivity contribution in [2.75, 3.05) is 0 Å². The molecule has 0 fully saturated rings. The van der Waals surface area contributed by atoms with Crippen molar-refractivity contribution in [2.45, 2.75) is 26.3 Å². The summed E-state index contributed by atoms with van der Waals surface area (Å²) in [6, 6.07) is 3.10. The van der Waals surface area contributed by atoms with E-state index in [1.165, 1.54) is 0 Å². The van der Waals surface area contributed by atoms with E-state index in [4.69, 9.17) is 17.3 Å². The van der Waals surface area contributed by atoms with Gasteiger partial charge in [0.25, 0.3) is 0 Å². The topological polar surface area (TPSA) is 26.0 Å². The Morgan fingerprint density at radius 1 is 1.54 bits per heavy atom. The lowest BCUT2D eigenvalue weighted by molar-refractivity contribution is 0.593. The van der Waals surface area contributed by atoms with Gasteiger partial charge in [0.15, 0.2) is 0 Å². The molecule has 1 atom stereocenters. The minimum Gasteiger partial charge on any atom is -0.324 e. The molecule has 1 unspecified atom stereocenters. The van der Waals surface area contributed by atoms with Crippen LogP contribution < -0.4 is 5.73 Å². The van der Waals surface area contributed by atoms with E-state index >= 15 is 0 Å². The summed E-state index contributed by atoms with van der Waals surface area (Å²) in [5, 5.41) is 0.159. The van der Waals surface area contributed by atoms with Gasteiger partial charge in [0.2, 0.25) is 0 Å². The number of halogens is 2. The van der Waals surface area contributed by atoms with E-state index in [0.29, 0.717) is 5.56 Å². The highest BCUT2D eigenvalue weighted by Gasteiger charge is 2.11. The average molecular weight is 202 g/mol. The molecule has 1 aromatic carbocycles. The number of aryl methyl sites for hydroxylation is 1. The number of nitrogens with two attached hydrogens (primary N) is 1. The Morgan fingerprint density at radius 3 is 2.62 bits per heavy atom. The Kier molecular flexibility index (Phi) is 3.28. The van der Waals surface area contributed by atoms with Crippen molar-refractivity contribution in [1.82, 2.24) is 0 Å². The van der Waals surface area contributed by atoms with Crippen molar-refractivity contribution in [3.8, 4) is 0 Å². The van der Waals surface area contributed by atoms with Crippen LogP contribution in [0.25, 0.3) is 0 Å². The fourth-order valence-electron chi connectivity index (χ4n) is 1.20. The summed E-state index contributed by atoms with van der Waals surface area (Å²) in [6.45, 7) is 3.74. The Labute approximate surface area is 82.7 Å². The van der Waals surface area contributed by atoms with Crippen molar-refractivity contribution in [1.29, 1.82) is 0 Å². The molecule has 0 saturated carbocycles. The van der Waals surface area contributed by atoms with E-state index in [-0.39, 0.29) is 11.1 Å². The number of hydrogen-bond donors (Lipinski definition) is 1. The molecule has 3 heteroatoms. The summed E-state index contributed by atoms with van der Waals surface area (Å²) in [6.07, 6.45) is 0.833. The van der Waals surface area contributed by atoms with Crippen LogP contribution in [0.3, 0.4) is 0 Å². The lowest BCUT2D eigenvalue weighted by atomic mass is 10.0. The Balaban J connectivity index is 3.25. The van der Waals surface area contributed by atoms with Crippen molar-refractivity contribution in [3.05, 3.63) is 34.1 Å². The van der Waals surface area contributed by atoms with E-state index in [0.717, 1.165) is 12.0 Å². The monoisotopic (exact) mass is 201 g/mol. The molecule has 0 saturated heterocycles. The second-order valence-corrected chi connectivity index (χ2v) is 3.53. The molecule has 0 aliphatic heterocycles. The summed E-state index contributed by atoms with van der Waals surface area (Å²) >= 11 is 5.71. The minimum absolute atomic E-state index is 0.159. The molecular weight excluding hydrogens is 189 g/mol. The molecule has 72 valence electrons. The number of rotatable bonds is 2. The first-order chi connectivity index (χ1) is 6.06. The maximum absolute atomic E-state index is 13.4. The van der Waals surface area contributed by atoms with Crippen molar-refractivity contribution >= 4 is 11.6 Å². The maximum atomic E-state index is 13.4. The zero-order chi connectivity index (χ0) is 10.0. The van der Waals surface area contributed by atoms with Crippen LogP contribution in [-0.4, -0.2) is 0 Å². The largest absolute Gasteiger partial charge is 0.324 e. The maximum Gasteiger partial charge on any atom is 0.146 e. The Hall–Kier alpha value is -0.600. The molecule has 1 aromatic rings. The summed E-state index contributed by atoms with van der Waals surface area (Å²) in [4.78, 5) is 0. The third-order valence-corrected chi connectivity index (χ3v) is 2.29. The van der Waals surface area contributed by atoms with Gasteiger partial charge in [0.1, 0.15) is 5.82 Å². The van der Waals surface area contributed by atoms with Crippen LogP contribution in [0.15, 0.2) is 12.1 Å². The normalized spacial score (nSPS) is 13.0. The molecule has 13 heavy (non-hydrogen) atoms. The van der Waals surface area contributed by atoms with Crippen molar-refractivity contribution in [2.24, 2.45) is 5.73 Å². The molecule has 1 nitrogen and oxygen atoms in total. The molecule has 0 radical (unpaired) electrons. The summed E-state index contributed by atoms with van der Waals surface area (Å²) < 4.78 is 13.4. The first-order valence-corrected chi connectivity index (χ1v) is 4.67. The molecule has 1 rings (SSSR count). The van der Waals surface area contributed by atoms with Gasteiger partial charge in [0, 0.05) is 11.6 Å². The van der Waals surface area contributed by atoms with Gasteiger partial charge in [-0.25, -0.2) is 4.39 Å². The van der Waals surface area contributed by atoms with Gasteiger partial charge >= 0.3 is 0 Å². The van der Waals surface area contributed by atoms with E-state index < -0.39 is 5.82 Å². The number of hydrogen-bond acceptors (Lipinski definition) is 1. The average Bonchev–Trinajstić information content (AvgIpc) is 2.09. The van der Waals surface area contributed by atoms with Crippen LogP contribution in [0, 0.1) is 5.82 Å². The molecule has 0 spiro atoms. The highest BCUT2D eigenvalue weighted by molar-refractivity contribution is 6.30. The third kappa shape index (κ3) is 2.20. The van der Waals surface area contributed by atoms with Crippen LogP contribution in [0.4, 0.5) is 4.39 Å². The van der Waals surface area contributed by atoms with Crippen molar-refractivity contribution in [3.63, 3.8) is 0 Å². The minimum atomic E-state index is -0.395. The summed E-state index contributed by atoms with van der Waals surface area (Å²) in [5.74, 6) is -0.395. The van der Waals surface area contributed by atoms with Crippen LogP contribution in [-0.2, 0) is 6.42 Å². The second kappa shape index (κ2) is 4.07. The first kappa shape index (κ1) is 10.5. The molecule has 0 aliphatic carbocycles. The van der Waals surface area contributed by atoms with E-state index in [1.54, 1.807) is 19.1 Å². The lowest BCUT2D eigenvalue weighted by Crippen LogP contribution is -2.08. The molecular formula is C10H13ClFN. The van der Waals surface area contributed by atoms with Crippen molar-refractivity contribution < 1.29 is 4.39 Å². The van der Waals surface area contributed by atoms with Crippen LogP contribution in [0.1, 0.15) is 31.0 Å². The van der Waals surface area contributed by atoms with Gasteiger partial charge in [-0.3, -0.25) is 0 Å². The molecule has 0 aliphatic rings. The second-order valence-electron chi connectivity index (χ2n) is 3.12. The van der Waals surface area contributed by atoms with E-state index in [9.17, 15) is 4.39 Å². The van der Waals surface area contributed by atoms with E-state index in [2.05, 4.69) is 0 Å². The fourth-order valence-corrected chi connectivity index (χ4v) is 1.45. The summed E-state index contributed by atoms with van der Waals surface area (Å²) in [5.41, 5.74) is 7.11. The fraction of sp³-hybridized carbons (Fsp3) is 0.400. The first-order valence-electron chi connectivity index (χ1n) is 4.29. The molecule has 2 N–H and O–H groups in total. The van der Waals surface area contributed by atoms with Gasteiger partial charge < -0.3 is 5.73 Å². The van der Waals surface area contributed by atoms with Gasteiger partial charge in [0.05, 0.1) is 5.02 Å². The standard InChI is InChI=1S/C10H13ClFN/c1-3-7-4-8(6(2)13)10(12)9(11)5-7/h4-6H,3,13H2,1-2H3. The SMILES string of the molecule is CCc1cc(Cl)c(F)c(C(C)N)c1. The van der Waals surface area contributed by atoms with Crippen LogP contribution >= 0.6 is 11.6 Å². The molecule has 0 aromatic heterocycles. The summed E-state index contributed by atoms with van der Waals surface area (Å²) in [7, 11) is 0. The quantitative estimate of drug-likeness (QED) is 0.782. The molecule has 0 bridgehead atoms. The molecule has 0 amide bonds. The number of benzene rings is 1. The van der Waals surface area contributed by atoms with Gasteiger partial charge in [-0.2, -0.15) is 0 Å². The van der Waals surface area contributed by atoms with Gasteiger partial charge in [-0.15, -0.1) is 0 Å². The van der Waals surface area contributed by atoms with Crippen LogP contribution in [0.5, 0.6) is 0 Å². The van der Waals surface area contributed by atoms with E-state index in [1.807, 2.05) is 6.92 Å². The smallest absolute Gasteiger partial charge is 0.146 e. The third-order valence-electron chi connectivity index (χ3n) is 2.01. The zero-order valence-corrected chi connectivity index (χ0v) is 8.53. The predicted octanol–water partition coefficient (Wildman–Crippen LogP) is 3.06. The highest BCUT2D eigenvalue weighted by atomic mass is 35.5. The molecule has 0 heterocycles. The van der Waals surface area contributed by atoms with Crippen LogP contribution in [0.2, 0.25) is 5.02 Å². The van der Waals surface area contributed by atoms with Gasteiger partial charge in [-0.05, 0) is 25.0 Å². The van der Waals surface area contributed by atoms with Gasteiger partial charge in [-0.1, -0.05) is 24.6 Å². The zero-order valence-electron chi connectivity index (χ0n) is 7.77. The Bertz CT molecular complexity index is 310. The Morgan fingerprint density at radius 2 is 2.15 bits per heavy atom. The lowest BCUT2D eigenvalue weighted by Gasteiger charge is -2.10. The highest BCUT2D eigenvalue weighted by Crippen LogP contribution is 2.24.